The van der Waals surface area contributed by atoms with Gasteiger partial charge in [0.25, 0.3) is 11.8 Å². The van der Waals surface area contributed by atoms with Crippen molar-refractivity contribution in [3.63, 3.8) is 0 Å². The van der Waals surface area contributed by atoms with Gasteiger partial charge in [0.2, 0.25) is 0 Å². The quantitative estimate of drug-likeness (QED) is 0.544. The highest BCUT2D eigenvalue weighted by Gasteiger charge is 2.57. The van der Waals surface area contributed by atoms with Crippen LogP contribution in [0.15, 0.2) is 29.0 Å². The summed E-state index contributed by atoms with van der Waals surface area (Å²) >= 11 is 9.52. The lowest BCUT2D eigenvalue weighted by Crippen LogP contribution is -2.67. The van der Waals surface area contributed by atoms with Gasteiger partial charge in [-0.3, -0.25) is 9.59 Å². The van der Waals surface area contributed by atoms with Gasteiger partial charge in [-0.15, -0.1) is 0 Å². The van der Waals surface area contributed by atoms with Crippen LogP contribution < -0.4 is 5.32 Å². The molecule has 10 nitrogen and oxygen atoms in total. The normalized spacial score (nSPS) is 14.9. The van der Waals surface area contributed by atoms with Crippen LogP contribution in [0.5, 0.6) is 0 Å². The molecule has 2 N–H and O–H groups in total. The minimum Gasteiger partial charge on any atom is -0.464 e. The smallest absolute Gasteiger partial charge is 0.426 e. The van der Waals surface area contributed by atoms with Crippen molar-refractivity contribution in [2.24, 2.45) is 0 Å². The fourth-order valence-electron chi connectivity index (χ4n) is 3.58. The third-order valence-electron chi connectivity index (χ3n) is 5.21. The van der Waals surface area contributed by atoms with Crippen LogP contribution in [-0.4, -0.2) is 64.4 Å². The molecule has 3 amide bonds. The summed E-state index contributed by atoms with van der Waals surface area (Å²) in [7, 11) is 0. The molecule has 2 aromatic rings. The van der Waals surface area contributed by atoms with Gasteiger partial charge in [-0.2, -0.15) is 5.10 Å². The molecular formula is C22H28BrClN6O4. The Morgan fingerprint density at radius 3 is 2.21 bits per heavy atom. The number of hydrazine groups is 1. The molecule has 2 aromatic heterocycles. The van der Waals surface area contributed by atoms with Crippen LogP contribution in [0.3, 0.4) is 0 Å². The van der Waals surface area contributed by atoms with E-state index in [1.807, 2.05) is 0 Å². The van der Waals surface area contributed by atoms with E-state index in [4.69, 9.17) is 11.6 Å². The third kappa shape index (κ3) is 5.05. The lowest BCUT2D eigenvalue weighted by molar-refractivity contribution is -0.171. The second-order valence-corrected chi connectivity index (χ2v) is 11.4. The third-order valence-corrected chi connectivity index (χ3v) is 5.89. The fourth-order valence-corrected chi connectivity index (χ4v) is 4.15. The number of hydrogen-bond donors (Lipinski definition) is 2. The van der Waals surface area contributed by atoms with Crippen LogP contribution in [0.2, 0.25) is 5.02 Å². The standard InChI is InChI=1S/C22H28BrClN6O4/c1-20(2,3)29(30(19(33)34)21(4,5)6)18(32)22(9-10-22)26-17(31)14-12-15(23)27-28(14)16-13(24)8-7-11-25-16/h7-8,11-12H,9-10H2,1-6H3,(H,26,31)(H,33,34). The second kappa shape index (κ2) is 8.84. The summed E-state index contributed by atoms with van der Waals surface area (Å²) in [6.07, 6.45) is 1.02. The van der Waals surface area contributed by atoms with Gasteiger partial charge in [-0.1, -0.05) is 11.6 Å². The van der Waals surface area contributed by atoms with Crippen LogP contribution in [0.25, 0.3) is 5.82 Å². The minimum absolute atomic E-state index is 0.125. The van der Waals surface area contributed by atoms with Gasteiger partial charge < -0.3 is 10.4 Å². The van der Waals surface area contributed by atoms with Gasteiger partial charge in [0.1, 0.15) is 15.8 Å². The summed E-state index contributed by atoms with van der Waals surface area (Å²) < 4.78 is 1.68. The molecule has 3 rings (SSSR count). The molecule has 0 spiro atoms. The highest BCUT2D eigenvalue weighted by molar-refractivity contribution is 9.10. The molecule has 0 aliphatic heterocycles. The zero-order chi connectivity index (χ0) is 25.6. The Bertz CT molecular complexity index is 1130. The van der Waals surface area contributed by atoms with Crippen molar-refractivity contribution in [2.75, 3.05) is 0 Å². The zero-order valence-electron chi connectivity index (χ0n) is 19.9. The number of rotatable bonds is 4. The molecule has 12 heteroatoms. The van der Waals surface area contributed by atoms with Crippen molar-refractivity contribution in [3.05, 3.63) is 39.7 Å². The van der Waals surface area contributed by atoms with Crippen molar-refractivity contribution >= 4 is 45.4 Å². The van der Waals surface area contributed by atoms with Gasteiger partial charge in [-0.05, 0) is 82.4 Å². The molecule has 0 saturated heterocycles. The lowest BCUT2D eigenvalue weighted by Gasteiger charge is -2.49. The Morgan fingerprint density at radius 2 is 1.74 bits per heavy atom. The molecule has 1 fully saturated rings. The predicted molar refractivity (Wildman–Crippen MR) is 130 cm³/mol. The van der Waals surface area contributed by atoms with E-state index < -0.39 is 34.5 Å². The van der Waals surface area contributed by atoms with Gasteiger partial charge in [-0.25, -0.2) is 24.5 Å². The summed E-state index contributed by atoms with van der Waals surface area (Å²) in [5.41, 5.74) is -2.87. The van der Waals surface area contributed by atoms with Crippen molar-refractivity contribution < 1.29 is 19.5 Å². The van der Waals surface area contributed by atoms with Crippen molar-refractivity contribution in [1.82, 2.24) is 30.1 Å². The molecule has 1 aliphatic rings. The van der Waals surface area contributed by atoms with E-state index in [2.05, 4.69) is 31.3 Å². The number of nitrogens with one attached hydrogen (secondary N) is 1. The van der Waals surface area contributed by atoms with E-state index in [-0.39, 0.29) is 11.5 Å². The van der Waals surface area contributed by atoms with Crippen LogP contribution >= 0.6 is 27.5 Å². The number of pyridine rings is 1. The van der Waals surface area contributed by atoms with E-state index in [1.165, 1.54) is 22.0 Å². The lowest BCUT2D eigenvalue weighted by atomic mass is 10.0. The Labute approximate surface area is 211 Å². The van der Waals surface area contributed by atoms with Gasteiger partial charge >= 0.3 is 6.09 Å². The first-order valence-corrected chi connectivity index (χ1v) is 11.8. The molecule has 0 atom stereocenters. The number of carbonyl (C=O) groups is 3. The fraction of sp³-hybridized carbons (Fsp3) is 0.500. The maximum atomic E-state index is 13.8. The number of carboxylic acid groups (broad SMARTS) is 1. The molecular weight excluding hydrogens is 528 g/mol. The van der Waals surface area contributed by atoms with E-state index >= 15 is 0 Å². The second-order valence-electron chi connectivity index (χ2n) is 10.2. The van der Waals surface area contributed by atoms with Gasteiger partial charge in [0.15, 0.2) is 5.82 Å². The maximum Gasteiger partial charge on any atom is 0.426 e. The van der Waals surface area contributed by atoms with E-state index in [1.54, 1.807) is 53.7 Å². The summed E-state index contributed by atoms with van der Waals surface area (Å²) in [5.74, 6) is -0.791. The largest absolute Gasteiger partial charge is 0.464 e. The minimum atomic E-state index is -1.26. The number of hydrogen-bond acceptors (Lipinski definition) is 5. The summed E-state index contributed by atoms with van der Waals surface area (Å²) in [5, 5.41) is 19.6. The summed E-state index contributed by atoms with van der Waals surface area (Å²) in [6, 6.07) is 4.79. The van der Waals surface area contributed by atoms with E-state index in [0.717, 1.165) is 5.01 Å². The molecule has 1 saturated carbocycles. The van der Waals surface area contributed by atoms with E-state index in [9.17, 15) is 19.5 Å². The molecule has 0 radical (unpaired) electrons. The molecule has 0 bridgehead atoms. The SMILES string of the molecule is CC(C)(C)N(C(=O)O)N(C(=O)C1(NC(=O)c2cc(Br)nn2-c2ncccc2Cl)CC1)C(C)(C)C. The highest BCUT2D eigenvalue weighted by atomic mass is 79.9. The number of nitrogens with zero attached hydrogens (tertiary/aromatic N) is 5. The van der Waals surface area contributed by atoms with E-state index in [0.29, 0.717) is 22.5 Å². The van der Waals surface area contributed by atoms with Crippen molar-refractivity contribution in [1.29, 1.82) is 0 Å². The molecule has 0 aromatic carbocycles. The van der Waals surface area contributed by atoms with Crippen molar-refractivity contribution in [2.45, 2.75) is 71.0 Å². The Kier molecular flexibility index (Phi) is 6.75. The molecule has 34 heavy (non-hydrogen) atoms. The number of halogens is 2. The highest BCUT2D eigenvalue weighted by Crippen LogP contribution is 2.41. The molecule has 184 valence electrons. The number of aromatic nitrogens is 3. The Hall–Kier alpha value is -2.66. The molecule has 0 unspecified atom stereocenters. The van der Waals surface area contributed by atoms with Gasteiger partial charge in [0, 0.05) is 12.3 Å². The topological polar surface area (TPSA) is 121 Å². The Balaban J connectivity index is 1.97. The van der Waals surface area contributed by atoms with Crippen LogP contribution in [0, 0.1) is 0 Å². The first kappa shape index (κ1) is 26.0. The monoisotopic (exact) mass is 554 g/mol. The average Bonchev–Trinajstić information content (AvgIpc) is 3.37. The average molecular weight is 556 g/mol. The number of amides is 3. The Morgan fingerprint density at radius 1 is 1.15 bits per heavy atom. The zero-order valence-corrected chi connectivity index (χ0v) is 22.2. The van der Waals surface area contributed by atoms with Gasteiger partial charge in [0.05, 0.1) is 16.1 Å². The predicted octanol–water partition coefficient (Wildman–Crippen LogP) is 4.27. The molecule has 1 aliphatic carbocycles. The first-order valence-electron chi connectivity index (χ1n) is 10.7. The maximum absolute atomic E-state index is 13.8. The van der Waals surface area contributed by atoms with Crippen LogP contribution in [0.4, 0.5) is 4.79 Å². The summed E-state index contributed by atoms with van der Waals surface area (Å²) in [6.45, 7) is 10.4. The van der Waals surface area contributed by atoms with Crippen molar-refractivity contribution in [3.8, 4) is 5.82 Å². The summed E-state index contributed by atoms with van der Waals surface area (Å²) in [4.78, 5) is 43.5. The van der Waals surface area contributed by atoms with Crippen LogP contribution in [-0.2, 0) is 4.79 Å². The number of carbonyl (C=O) groups excluding carboxylic acids is 2. The van der Waals surface area contributed by atoms with Crippen LogP contribution in [0.1, 0.15) is 64.9 Å². The molecule has 2 heterocycles. The first-order chi connectivity index (χ1) is 15.6.